The van der Waals surface area contributed by atoms with Gasteiger partial charge in [-0.3, -0.25) is 0 Å². The lowest BCUT2D eigenvalue weighted by Crippen LogP contribution is -2.40. The van der Waals surface area contributed by atoms with E-state index in [2.05, 4.69) is 0 Å². The first-order valence-corrected chi connectivity index (χ1v) is 4.14. The average molecular weight is 178 g/mol. The Kier molecular flexibility index (Phi) is 5.41. The van der Waals surface area contributed by atoms with E-state index < -0.39 is 24.9 Å². The monoisotopic (exact) mass is 178 g/mol. The van der Waals surface area contributed by atoms with Crippen LogP contribution in [0.3, 0.4) is 0 Å². The van der Waals surface area contributed by atoms with Crippen LogP contribution in [0.2, 0.25) is 0 Å². The summed E-state index contributed by atoms with van der Waals surface area (Å²) in [5, 5.41) is 35.9. The van der Waals surface area contributed by atoms with E-state index in [1.165, 1.54) is 0 Å². The summed E-state index contributed by atoms with van der Waals surface area (Å²) in [6.45, 7) is 3.28. The van der Waals surface area contributed by atoms with Gasteiger partial charge in [0.15, 0.2) is 0 Å². The van der Waals surface area contributed by atoms with Gasteiger partial charge < -0.3 is 20.4 Å². The van der Waals surface area contributed by atoms with Gasteiger partial charge in [0.2, 0.25) is 0 Å². The molecule has 0 aliphatic carbocycles. The Bertz CT molecular complexity index is 116. The van der Waals surface area contributed by atoms with E-state index in [0.717, 1.165) is 0 Å². The zero-order valence-corrected chi connectivity index (χ0v) is 7.51. The summed E-state index contributed by atoms with van der Waals surface area (Å²) in [6, 6.07) is 0. The summed E-state index contributed by atoms with van der Waals surface area (Å²) >= 11 is 0. The van der Waals surface area contributed by atoms with Crippen molar-refractivity contribution >= 4 is 0 Å². The van der Waals surface area contributed by atoms with Gasteiger partial charge in [-0.2, -0.15) is 0 Å². The molecule has 0 aromatic heterocycles. The second kappa shape index (κ2) is 5.48. The van der Waals surface area contributed by atoms with Gasteiger partial charge >= 0.3 is 0 Å². The van der Waals surface area contributed by atoms with Crippen LogP contribution in [0.4, 0.5) is 0 Å². The largest absolute Gasteiger partial charge is 0.394 e. The molecular weight excluding hydrogens is 160 g/mol. The smallest absolute Gasteiger partial charge is 0.108 e. The van der Waals surface area contributed by atoms with Crippen molar-refractivity contribution in [2.75, 3.05) is 6.61 Å². The third kappa shape index (κ3) is 4.01. The molecule has 74 valence electrons. The Morgan fingerprint density at radius 1 is 1.00 bits per heavy atom. The highest BCUT2D eigenvalue weighted by molar-refractivity contribution is 4.75. The molecule has 0 aliphatic rings. The zero-order valence-electron chi connectivity index (χ0n) is 7.51. The van der Waals surface area contributed by atoms with Crippen molar-refractivity contribution in [1.82, 2.24) is 0 Å². The lowest BCUT2D eigenvalue weighted by atomic mass is 9.99. The fourth-order valence-corrected chi connectivity index (χ4v) is 0.987. The van der Waals surface area contributed by atoms with Crippen LogP contribution < -0.4 is 0 Å². The van der Waals surface area contributed by atoms with Crippen LogP contribution in [0.25, 0.3) is 0 Å². The van der Waals surface area contributed by atoms with Crippen LogP contribution in [0.15, 0.2) is 0 Å². The number of hydrogen-bond acceptors (Lipinski definition) is 4. The number of rotatable bonds is 5. The van der Waals surface area contributed by atoms with Crippen molar-refractivity contribution in [3.8, 4) is 0 Å². The molecule has 0 aliphatic heterocycles. The summed E-state index contributed by atoms with van der Waals surface area (Å²) in [6.07, 6.45) is -3.05. The molecule has 0 spiro atoms. The van der Waals surface area contributed by atoms with Crippen molar-refractivity contribution in [1.29, 1.82) is 0 Å². The van der Waals surface area contributed by atoms with Crippen LogP contribution in [-0.4, -0.2) is 45.3 Å². The maximum atomic E-state index is 9.27. The third-order valence-electron chi connectivity index (χ3n) is 1.69. The van der Waals surface area contributed by atoms with Crippen LogP contribution in [-0.2, 0) is 0 Å². The normalized spacial score (nSPS) is 19.2. The van der Waals surface area contributed by atoms with Gasteiger partial charge in [0.1, 0.15) is 12.2 Å². The molecule has 0 aromatic rings. The van der Waals surface area contributed by atoms with Crippen LogP contribution >= 0.6 is 0 Å². The predicted molar refractivity (Wildman–Crippen MR) is 44.6 cm³/mol. The summed E-state index contributed by atoms with van der Waals surface area (Å²) < 4.78 is 0. The highest BCUT2D eigenvalue weighted by Gasteiger charge is 2.24. The van der Waals surface area contributed by atoms with Gasteiger partial charge in [-0.25, -0.2) is 0 Å². The lowest BCUT2D eigenvalue weighted by Gasteiger charge is -2.22. The molecule has 4 N–H and O–H groups in total. The first-order chi connectivity index (χ1) is 5.49. The molecule has 0 amide bonds. The van der Waals surface area contributed by atoms with E-state index in [4.69, 9.17) is 10.2 Å². The summed E-state index contributed by atoms with van der Waals surface area (Å²) in [5.74, 6) is 0.251. The van der Waals surface area contributed by atoms with Gasteiger partial charge in [-0.05, 0) is 12.3 Å². The maximum Gasteiger partial charge on any atom is 0.108 e. The first kappa shape index (κ1) is 11.8. The molecule has 0 heterocycles. The van der Waals surface area contributed by atoms with Gasteiger partial charge in [0, 0.05) is 0 Å². The molecule has 0 radical (unpaired) electrons. The second-order valence-corrected chi connectivity index (χ2v) is 3.44. The topological polar surface area (TPSA) is 80.9 Å². The summed E-state index contributed by atoms with van der Waals surface area (Å²) in [7, 11) is 0. The summed E-state index contributed by atoms with van der Waals surface area (Å²) in [4.78, 5) is 0. The standard InChI is InChI=1S/C8H18O4/c1-5(2)3-6(10)8(12)7(11)4-9/h5-12H,3-4H2,1-2H3. The maximum absolute atomic E-state index is 9.27. The predicted octanol–water partition coefficient (Wildman–Crippen LogP) is -0.893. The first-order valence-electron chi connectivity index (χ1n) is 4.14. The second-order valence-electron chi connectivity index (χ2n) is 3.44. The summed E-state index contributed by atoms with van der Waals surface area (Å²) in [5.41, 5.74) is 0. The number of aliphatic hydroxyl groups is 4. The Balaban J connectivity index is 3.83. The van der Waals surface area contributed by atoms with Crippen molar-refractivity contribution in [2.45, 2.75) is 38.6 Å². The van der Waals surface area contributed by atoms with E-state index in [1.54, 1.807) is 0 Å². The quantitative estimate of drug-likeness (QED) is 0.440. The molecule has 0 saturated heterocycles. The molecule has 4 nitrogen and oxygen atoms in total. The highest BCUT2D eigenvalue weighted by atomic mass is 16.4. The van der Waals surface area contributed by atoms with Gasteiger partial charge in [0.05, 0.1) is 12.7 Å². The Hall–Kier alpha value is -0.160. The zero-order chi connectivity index (χ0) is 9.72. The number of hydrogen-bond donors (Lipinski definition) is 4. The Morgan fingerprint density at radius 2 is 1.50 bits per heavy atom. The van der Waals surface area contributed by atoms with E-state index in [9.17, 15) is 10.2 Å². The van der Waals surface area contributed by atoms with Crippen molar-refractivity contribution in [3.63, 3.8) is 0 Å². The molecule has 0 saturated carbocycles. The molecule has 0 aromatic carbocycles. The van der Waals surface area contributed by atoms with Crippen LogP contribution in [0, 0.1) is 5.92 Å². The lowest BCUT2D eigenvalue weighted by molar-refractivity contribution is -0.0812. The van der Waals surface area contributed by atoms with Crippen LogP contribution in [0.5, 0.6) is 0 Å². The Morgan fingerprint density at radius 3 is 1.83 bits per heavy atom. The highest BCUT2D eigenvalue weighted by Crippen LogP contribution is 2.10. The minimum atomic E-state index is -1.25. The van der Waals surface area contributed by atoms with E-state index in [1.807, 2.05) is 13.8 Å². The van der Waals surface area contributed by atoms with E-state index >= 15 is 0 Å². The van der Waals surface area contributed by atoms with Crippen LogP contribution in [0.1, 0.15) is 20.3 Å². The van der Waals surface area contributed by atoms with E-state index in [-0.39, 0.29) is 5.92 Å². The van der Waals surface area contributed by atoms with Crippen molar-refractivity contribution in [3.05, 3.63) is 0 Å². The van der Waals surface area contributed by atoms with Gasteiger partial charge in [0.25, 0.3) is 0 Å². The minimum absolute atomic E-state index is 0.251. The molecule has 3 unspecified atom stereocenters. The van der Waals surface area contributed by atoms with Crippen molar-refractivity contribution in [2.24, 2.45) is 5.92 Å². The minimum Gasteiger partial charge on any atom is -0.394 e. The van der Waals surface area contributed by atoms with Gasteiger partial charge in [-0.1, -0.05) is 13.8 Å². The van der Waals surface area contributed by atoms with E-state index in [0.29, 0.717) is 6.42 Å². The Labute approximate surface area is 72.5 Å². The third-order valence-corrected chi connectivity index (χ3v) is 1.69. The molecule has 0 fully saturated rings. The fourth-order valence-electron chi connectivity index (χ4n) is 0.987. The average Bonchev–Trinajstić information content (AvgIpc) is 2.00. The fraction of sp³-hybridized carbons (Fsp3) is 1.00. The molecule has 12 heavy (non-hydrogen) atoms. The van der Waals surface area contributed by atoms with Crippen molar-refractivity contribution < 1.29 is 20.4 Å². The molecule has 4 heteroatoms. The molecular formula is C8H18O4. The van der Waals surface area contributed by atoms with Gasteiger partial charge in [-0.15, -0.1) is 0 Å². The molecule has 0 bridgehead atoms. The SMILES string of the molecule is CC(C)CC(O)C(O)C(O)CO. The molecule has 0 rings (SSSR count). The number of aliphatic hydroxyl groups excluding tert-OH is 4. The molecule has 3 atom stereocenters.